The Kier molecular flexibility index (Phi) is 6.78. The first-order chi connectivity index (χ1) is 14.2. The van der Waals surface area contributed by atoms with Crippen LogP contribution in [0.5, 0.6) is 11.5 Å². The van der Waals surface area contributed by atoms with E-state index in [1.165, 1.54) is 13.2 Å². The normalized spacial score (nSPS) is 22.2. The van der Waals surface area contributed by atoms with Crippen LogP contribution in [-0.4, -0.2) is 48.3 Å². The van der Waals surface area contributed by atoms with Gasteiger partial charge in [0.05, 0.1) is 13.0 Å². The highest BCUT2D eigenvalue weighted by Crippen LogP contribution is 2.38. The minimum absolute atomic E-state index is 0.00606. The molecule has 1 saturated heterocycles. The first-order valence-electron chi connectivity index (χ1n) is 10.8. The molecule has 0 aromatic heterocycles. The van der Waals surface area contributed by atoms with E-state index in [0.717, 1.165) is 31.2 Å². The number of phenols is 1. The van der Waals surface area contributed by atoms with Gasteiger partial charge in [-0.15, -0.1) is 0 Å². The summed E-state index contributed by atoms with van der Waals surface area (Å²) in [5.74, 6) is 0.812. The Morgan fingerprint density at radius 1 is 1.17 bits per heavy atom. The lowest BCUT2D eigenvalue weighted by molar-refractivity contribution is -0.129. The molecule has 0 atom stereocenters. The summed E-state index contributed by atoms with van der Waals surface area (Å²) in [6.07, 6.45) is 3.71. The highest BCUT2D eigenvalue weighted by Gasteiger charge is 2.38. The molecule has 2 fully saturated rings. The third-order valence-corrected chi connectivity index (χ3v) is 6.39. The van der Waals surface area contributed by atoms with E-state index in [4.69, 9.17) is 9.47 Å². The highest BCUT2D eigenvalue weighted by atomic mass is 16.6. The number of ether oxygens (including phenoxy) is 2. The zero-order chi connectivity index (χ0) is 21.9. The van der Waals surface area contributed by atoms with E-state index in [2.05, 4.69) is 26.1 Å². The first kappa shape index (κ1) is 22.2. The van der Waals surface area contributed by atoms with Crippen LogP contribution < -0.4 is 10.1 Å². The summed E-state index contributed by atoms with van der Waals surface area (Å²) in [6.45, 7) is 7.93. The molecule has 3 rings (SSSR count). The molecule has 30 heavy (non-hydrogen) atoms. The fraction of sp³-hybridized carbons (Fsp3) is 0.652. The molecule has 1 aliphatic heterocycles. The second kappa shape index (κ2) is 9.14. The maximum absolute atomic E-state index is 12.4. The molecule has 1 saturated carbocycles. The number of phenolic OH excluding ortho intramolecular Hbond substituents is 1. The van der Waals surface area contributed by atoms with E-state index < -0.39 is 0 Å². The van der Waals surface area contributed by atoms with E-state index in [1.807, 2.05) is 0 Å². The molecule has 166 valence electrons. The Morgan fingerprint density at radius 3 is 2.43 bits per heavy atom. The fourth-order valence-corrected chi connectivity index (χ4v) is 4.22. The first-order valence-corrected chi connectivity index (χ1v) is 10.8. The Morgan fingerprint density at radius 2 is 1.83 bits per heavy atom. The van der Waals surface area contributed by atoms with E-state index in [0.29, 0.717) is 36.7 Å². The van der Waals surface area contributed by atoms with Crippen LogP contribution in [0.4, 0.5) is 4.79 Å². The van der Waals surface area contributed by atoms with Crippen molar-refractivity contribution < 1.29 is 24.2 Å². The molecule has 7 heteroatoms. The Balaban J connectivity index is 1.37. The van der Waals surface area contributed by atoms with Crippen molar-refractivity contribution >= 4 is 12.0 Å². The van der Waals surface area contributed by atoms with Gasteiger partial charge in [0.2, 0.25) is 5.91 Å². The number of aromatic hydroxyl groups is 1. The van der Waals surface area contributed by atoms with Gasteiger partial charge in [-0.25, -0.2) is 4.79 Å². The van der Waals surface area contributed by atoms with Crippen molar-refractivity contribution in [2.45, 2.75) is 59.1 Å². The lowest BCUT2D eigenvalue weighted by atomic mass is 9.72. The van der Waals surface area contributed by atoms with Crippen LogP contribution in [0.3, 0.4) is 0 Å². The molecule has 1 aromatic carbocycles. The number of nitrogens with zero attached hydrogens (tertiary/aromatic N) is 1. The van der Waals surface area contributed by atoms with Gasteiger partial charge in [-0.05, 0) is 54.7 Å². The number of likely N-dealkylation sites (tertiary alicyclic amines) is 1. The summed E-state index contributed by atoms with van der Waals surface area (Å²) in [6, 6.07) is 4.96. The minimum Gasteiger partial charge on any atom is -0.504 e. The Hall–Kier alpha value is -2.44. The van der Waals surface area contributed by atoms with Crippen molar-refractivity contribution in [1.29, 1.82) is 0 Å². The smallest absolute Gasteiger partial charge is 0.410 e. The zero-order valence-electron chi connectivity index (χ0n) is 18.4. The monoisotopic (exact) mass is 418 g/mol. The second-order valence-electron chi connectivity index (χ2n) is 9.55. The van der Waals surface area contributed by atoms with Crippen LogP contribution in [0.15, 0.2) is 18.2 Å². The second-order valence-corrected chi connectivity index (χ2v) is 9.55. The number of hydrogen-bond donors (Lipinski definition) is 2. The van der Waals surface area contributed by atoms with Gasteiger partial charge in [0.15, 0.2) is 11.5 Å². The number of methoxy groups -OCH3 is 1. The van der Waals surface area contributed by atoms with Crippen LogP contribution in [0.25, 0.3) is 0 Å². The Bertz CT molecular complexity index is 759. The molecular formula is C23H34N2O5. The largest absolute Gasteiger partial charge is 0.504 e. The standard InChI is InChI=1S/C23H34N2O5/c1-23(2,3)17-6-8-18(9-7-17)30-22(28)25-13-16(14-25)21(27)24-12-15-5-10-19(26)20(11-15)29-4/h5,10-11,16-18,26H,6-9,12-14H2,1-4H3,(H,24,27)/t17-,18+. The average Bonchev–Trinajstić information content (AvgIpc) is 2.66. The number of amides is 2. The molecular weight excluding hydrogens is 384 g/mol. The van der Waals surface area contributed by atoms with Crippen molar-refractivity contribution in [1.82, 2.24) is 10.2 Å². The molecule has 7 nitrogen and oxygen atoms in total. The maximum Gasteiger partial charge on any atom is 0.410 e. The van der Waals surface area contributed by atoms with Crippen LogP contribution in [-0.2, 0) is 16.1 Å². The molecule has 2 aliphatic rings. The number of hydrogen-bond acceptors (Lipinski definition) is 5. The predicted molar refractivity (Wildman–Crippen MR) is 113 cm³/mol. The summed E-state index contributed by atoms with van der Waals surface area (Å²) in [7, 11) is 1.48. The zero-order valence-corrected chi connectivity index (χ0v) is 18.4. The molecule has 0 bridgehead atoms. The molecule has 1 aromatic rings. The summed E-state index contributed by atoms with van der Waals surface area (Å²) in [5, 5.41) is 12.5. The number of rotatable bonds is 5. The van der Waals surface area contributed by atoms with Crippen molar-refractivity contribution in [3.63, 3.8) is 0 Å². The lowest BCUT2D eigenvalue weighted by Gasteiger charge is -2.40. The molecule has 1 aliphatic carbocycles. The van der Waals surface area contributed by atoms with Crippen molar-refractivity contribution in [3.05, 3.63) is 23.8 Å². The van der Waals surface area contributed by atoms with Crippen LogP contribution in [0.2, 0.25) is 0 Å². The molecule has 2 N–H and O–H groups in total. The summed E-state index contributed by atoms with van der Waals surface area (Å²) in [4.78, 5) is 26.3. The SMILES string of the molecule is COc1cc(CNC(=O)C2CN(C(=O)O[C@H]3CC[C@@H](C(C)(C)C)CC3)C2)ccc1O. The van der Waals surface area contributed by atoms with Gasteiger partial charge in [0, 0.05) is 19.6 Å². The van der Waals surface area contributed by atoms with Crippen LogP contribution in [0.1, 0.15) is 52.0 Å². The number of carbonyl (C=O) groups is 2. The van der Waals surface area contributed by atoms with Gasteiger partial charge in [0.25, 0.3) is 0 Å². The molecule has 0 spiro atoms. The van der Waals surface area contributed by atoms with E-state index in [1.54, 1.807) is 17.0 Å². The van der Waals surface area contributed by atoms with Crippen molar-refractivity contribution in [2.75, 3.05) is 20.2 Å². The predicted octanol–water partition coefficient (Wildman–Crippen LogP) is 3.69. The summed E-state index contributed by atoms with van der Waals surface area (Å²) in [5.41, 5.74) is 1.14. The Labute approximate surface area is 178 Å². The molecule has 2 amide bonds. The fourth-order valence-electron chi connectivity index (χ4n) is 4.22. The summed E-state index contributed by atoms with van der Waals surface area (Å²) >= 11 is 0. The molecule has 1 heterocycles. The van der Waals surface area contributed by atoms with Gasteiger partial charge >= 0.3 is 6.09 Å². The van der Waals surface area contributed by atoms with E-state index in [9.17, 15) is 14.7 Å². The van der Waals surface area contributed by atoms with Crippen molar-refractivity contribution in [2.24, 2.45) is 17.3 Å². The summed E-state index contributed by atoms with van der Waals surface area (Å²) < 4.78 is 10.7. The number of nitrogens with one attached hydrogen (secondary N) is 1. The van der Waals surface area contributed by atoms with E-state index >= 15 is 0 Å². The topological polar surface area (TPSA) is 88.1 Å². The van der Waals surface area contributed by atoms with Gasteiger partial charge in [0.1, 0.15) is 6.10 Å². The lowest BCUT2D eigenvalue weighted by Crippen LogP contribution is -2.56. The van der Waals surface area contributed by atoms with Gasteiger partial charge < -0.3 is 24.8 Å². The van der Waals surface area contributed by atoms with E-state index in [-0.39, 0.29) is 29.8 Å². The quantitative estimate of drug-likeness (QED) is 0.761. The third kappa shape index (κ3) is 5.37. The molecule has 0 radical (unpaired) electrons. The highest BCUT2D eigenvalue weighted by molar-refractivity contribution is 5.82. The van der Waals surface area contributed by atoms with Crippen molar-refractivity contribution in [3.8, 4) is 11.5 Å². The van der Waals surface area contributed by atoms with Gasteiger partial charge in [-0.3, -0.25) is 4.79 Å². The van der Waals surface area contributed by atoms with Crippen LogP contribution >= 0.6 is 0 Å². The number of carbonyl (C=O) groups excluding carboxylic acids is 2. The maximum atomic E-state index is 12.4. The minimum atomic E-state index is -0.304. The van der Waals surface area contributed by atoms with Gasteiger partial charge in [-0.2, -0.15) is 0 Å². The number of benzene rings is 1. The molecule has 0 unspecified atom stereocenters. The van der Waals surface area contributed by atoms with Gasteiger partial charge in [-0.1, -0.05) is 26.8 Å². The van der Waals surface area contributed by atoms with Crippen LogP contribution in [0, 0.1) is 17.3 Å². The third-order valence-electron chi connectivity index (χ3n) is 6.39. The average molecular weight is 419 g/mol.